The van der Waals surface area contributed by atoms with Crippen molar-refractivity contribution in [2.24, 2.45) is 0 Å². The van der Waals surface area contributed by atoms with Gasteiger partial charge in [-0.25, -0.2) is 0 Å². The van der Waals surface area contributed by atoms with Crippen molar-refractivity contribution in [3.8, 4) is 0 Å². The average molecular weight is 307 g/mol. The highest BCUT2D eigenvalue weighted by Gasteiger charge is 2.25. The number of nitrogens with zero attached hydrogens (tertiary/aromatic N) is 3. The van der Waals surface area contributed by atoms with Crippen molar-refractivity contribution in [2.75, 3.05) is 39.3 Å². The molecule has 0 radical (unpaired) electrons. The van der Waals surface area contributed by atoms with Gasteiger partial charge in [-0.2, -0.15) is 0 Å². The molecule has 6 heteroatoms. The van der Waals surface area contributed by atoms with Crippen LogP contribution in [0.4, 0.5) is 0 Å². The molecule has 122 valence electrons. The zero-order valence-corrected chi connectivity index (χ0v) is 13.5. The van der Waals surface area contributed by atoms with Gasteiger partial charge in [0.05, 0.1) is 18.2 Å². The summed E-state index contributed by atoms with van der Waals surface area (Å²) < 4.78 is 10.8. The quantitative estimate of drug-likeness (QED) is 0.835. The summed E-state index contributed by atoms with van der Waals surface area (Å²) in [4.78, 5) is 16.8. The van der Waals surface area contributed by atoms with Crippen molar-refractivity contribution in [3.05, 3.63) is 17.0 Å². The Labute approximate surface area is 131 Å². The standard InChI is InChI=1S/C16H25N3O3/c1-12-15(13(2)22-17-12)10-16(20)19-7-5-18(6-8-19)11-14-4-3-9-21-14/h14H,3-11H2,1-2H3/t14-/m0/s1. The van der Waals surface area contributed by atoms with E-state index in [0.29, 0.717) is 12.5 Å². The van der Waals surface area contributed by atoms with Crippen molar-refractivity contribution in [1.82, 2.24) is 15.0 Å². The molecule has 22 heavy (non-hydrogen) atoms. The Hall–Kier alpha value is -1.40. The zero-order valence-electron chi connectivity index (χ0n) is 13.5. The fourth-order valence-corrected chi connectivity index (χ4v) is 3.27. The molecule has 1 aromatic heterocycles. The first kappa shape index (κ1) is 15.5. The Morgan fingerprint density at radius 1 is 1.27 bits per heavy atom. The lowest BCUT2D eigenvalue weighted by Crippen LogP contribution is -2.50. The van der Waals surface area contributed by atoms with E-state index >= 15 is 0 Å². The Bertz CT molecular complexity index is 495. The molecule has 2 aliphatic rings. The van der Waals surface area contributed by atoms with Crippen LogP contribution in [0.15, 0.2) is 4.52 Å². The van der Waals surface area contributed by atoms with Crippen LogP contribution in [0.2, 0.25) is 0 Å². The third-order valence-corrected chi connectivity index (χ3v) is 4.72. The smallest absolute Gasteiger partial charge is 0.227 e. The maximum atomic E-state index is 12.4. The van der Waals surface area contributed by atoms with E-state index in [1.807, 2.05) is 18.7 Å². The van der Waals surface area contributed by atoms with Crippen LogP contribution in [0.1, 0.15) is 29.9 Å². The van der Waals surface area contributed by atoms with Crippen molar-refractivity contribution in [2.45, 2.75) is 39.2 Å². The number of amides is 1. The minimum Gasteiger partial charge on any atom is -0.377 e. The first-order valence-electron chi connectivity index (χ1n) is 8.17. The van der Waals surface area contributed by atoms with Crippen molar-refractivity contribution in [3.63, 3.8) is 0 Å². The van der Waals surface area contributed by atoms with Gasteiger partial charge in [0, 0.05) is 44.9 Å². The molecule has 2 saturated heterocycles. The van der Waals surface area contributed by atoms with Crippen LogP contribution in [0.3, 0.4) is 0 Å². The number of piperazine rings is 1. The van der Waals surface area contributed by atoms with E-state index in [-0.39, 0.29) is 5.91 Å². The van der Waals surface area contributed by atoms with Crippen molar-refractivity contribution < 1.29 is 14.1 Å². The number of aryl methyl sites for hydroxylation is 2. The highest BCUT2D eigenvalue weighted by molar-refractivity contribution is 5.79. The van der Waals surface area contributed by atoms with Crippen LogP contribution in [-0.2, 0) is 16.0 Å². The van der Waals surface area contributed by atoms with Crippen LogP contribution in [-0.4, -0.2) is 66.3 Å². The number of hydrogen-bond acceptors (Lipinski definition) is 5. The van der Waals surface area contributed by atoms with E-state index in [4.69, 9.17) is 9.26 Å². The van der Waals surface area contributed by atoms with Crippen LogP contribution in [0.5, 0.6) is 0 Å². The lowest BCUT2D eigenvalue weighted by Gasteiger charge is -2.35. The number of hydrogen-bond donors (Lipinski definition) is 0. The fourth-order valence-electron chi connectivity index (χ4n) is 3.27. The van der Waals surface area contributed by atoms with Gasteiger partial charge in [0.1, 0.15) is 5.76 Å². The Balaban J connectivity index is 1.47. The maximum absolute atomic E-state index is 12.4. The number of rotatable bonds is 4. The predicted molar refractivity (Wildman–Crippen MR) is 81.7 cm³/mol. The summed E-state index contributed by atoms with van der Waals surface area (Å²) in [5, 5.41) is 3.92. The topological polar surface area (TPSA) is 58.8 Å². The summed E-state index contributed by atoms with van der Waals surface area (Å²) in [6.07, 6.45) is 3.14. The maximum Gasteiger partial charge on any atom is 0.227 e. The molecule has 0 aliphatic carbocycles. The molecule has 3 rings (SSSR count). The second kappa shape index (κ2) is 6.79. The summed E-state index contributed by atoms with van der Waals surface area (Å²) in [7, 11) is 0. The van der Waals surface area contributed by atoms with Crippen LogP contribution in [0, 0.1) is 13.8 Å². The number of carbonyl (C=O) groups excluding carboxylic acids is 1. The summed E-state index contributed by atoms with van der Waals surface area (Å²) in [5.41, 5.74) is 1.76. The number of ether oxygens (including phenoxy) is 1. The number of aromatic nitrogens is 1. The minimum atomic E-state index is 0.172. The van der Waals surface area contributed by atoms with Crippen LogP contribution < -0.4 is 0 Å². The van der Waals surface area contributed by atoms with Gasteiger partial charge in [-0.05, 0) is 26.7 Å². The van der Waals surface area contributed by atoms with E-state index in [1.54, 1.807) is 0 Å². The van der Waals surface area contributed by atoms with E-state index in [1.165, 1.54) is 12.8 Å². The van der Waals surface area contributed by atoms with Gasteiger partial charge in [0.2, 0.25) is 5.91 Å². The van der Waals surface area contributed by atoms with Gasteiger partial charge in [0.15, 0.2) is 0 Å². The van der Waals surface area contributed by atoms with Crippen LogP contribution >= 0.6 is 0 Å². The van der Waals surface area contributed by atoms with Gasteiger partial charge in [-0.15, -0.1) is 0 Å². The Morgan fingerprint density at radius 3 is 2.64 bits per heavy atom. The van der Waals surface area contributed by atoms with Gasteiger partial charge in [0.25, 0.3) is 0 Å². The molecule has 1 aromatic rings. The van der Waals surface area contributed by atoms with Gasteiger partial charge in [-0.3, -0.25) is 9.69 Å². The Kier molecular flexibility index (Phi) is 4.78. The molecule has 0 aromatic carbocycles. The predicted octanol–water partition coefficient (Wildman–Crippen LogP) is 1.16. The number of carbonyl (C=O) groups is 1. The molecule has 6 nitrogen and oxygen atoms in total. The molecule has 1 amide bonds. The van der Waals surface area contributed by atoms with E-state index in [0.717, 1.165) is 56.3 Å². The molecule has 1 atom stereocenters. The molecule has 0 N–H and O–H groups in total. The van der Waals surface area contributed by atoms with Crippen LogP contribution in [0.25, 0.3) is 0 Å². The van der Waals surface area contributed by atoms with E-state index < -0.39 is 0 Å². The Morgan fingerprint density at radius 2 is 2.05 bits per heavy atom. The van der Waals surface area contributed by atoms with Crippen molar-refractivity contribution >= 4 is 5.91 Å². The van der Waals surface area contributed by atoms with Gasteiger partial charge in [-0.1, -0.05) is 5.16 Å². The van der Waals surface area contributed by atoms with E-state index in [2.05, 4.69) is 10.1 Å². The first-order chi connectivity index (χ1) is 10.6. The molecule has 2 fully saturated rings. The van der Waals surface area contributed by atoms with Gasteiger partial charge < -0.3 is 14.2 Å². The summed E-state index contributed by atoms with van der Waals surface area (Å²) in [6, 6.07) is 0. The first-order valence-corrected chi connectivity index (χ1v) is 8.17. The molecule has 2 aliphatic heterocycles. The molecular weight excluding hydrogens is 282 g/mol. The summed E-state index contributed by atoms with van der Waals surface area (Å²) >= 11 is 0. The highest BCUT2D eigenvalue weighted by Crippen LogP contribution is 2.16. The highest BCUT2D eigenvalue weighted by atomic mass is 16.5. The monoisotopic (exact) mass is 307 g/mol. The van der Waals surface area contributed by atoms with Gasteiger partial charge >= 0.3 is 0 Å². The molecule has 0 bridgehead atoms. The normalized spacial score (nSPS) is 23.2. The molecule has 0 unspecified atom stereocenters. The molecule has 0 spiro atoms. The zero-order chi connectivity index (χ0) is 15.5. The molecule has 3 heterocycles. The summed E-state index contributed by atoms with van der Waals surface area (Å²) in [5.74, 6) is 0.925. The minimum absolute atomic E-state index is 0.172. The lowest BCUT2D eigenvalue weighted by molar-refractivity contribution is -0.132. The molecule has 0 saturated carbocycles. The average Bonchev–Trinajstić information content (AvgIpc) is 3.13. The second-order valence-electron chi connectivity index (χ2n) is 6.30. The second-order valence-corrected chi connectivity index (χ2v) is 6.30. The lowest BCUT2D eigenvalue weighted by atomic mass is 10.1. The van der Waals surface area contributed by atoms with E-state index in [9.17, 15) is 4.79 Å². The largest absolute Gasteiger partial charge is 0.377 e. The SMILES string of the molecule is Cc1noc(C)c1CC(=O)N1CCN(C[C@@H]2CCCO2)CC1. The molecular formula is C16H25N3O3. The third kappa shape index (κ3) is 3.50. The van der Waals surface area contributed by atoms with Crippen molar-refractivity contribution in [1.29, 1.82) is 0 Å². The summed E-state index contributed by atoms with van der Waals surface area (Å²) in [6.45, 7) is 9.14. The fraction of sp³-hybridized carbons (Fsp3) is 0.750. The third-order valence-electron chi connectivity index (χ3n) is 4.72.